The fourth-order valence-corrected chi connectivity index (χ4v) is 2.61. The highest BCUT2D eigenvalue weighted by atomic mass is 16.5. The summed E-state index contributed by atoms with van der Waals surface area (Å²) in [5, 5.41) is 0. The lowest BCUT2D eigenvalue weighted by atomic mass is 10.4. The molecule has 140 valence electrons. The van der Waals surface area contributed by atoms with E-state index in [1.807, 2.05) is 13.8 Å². The molecule has 0 aliphatic carbocycles. The molecule has 1 rings (SSSR count). The van der Waals surface area contributed by atoms with Crippen LogP contribution < -0.4 is 0 Å². The van der Waals surface area contributed by atoms with Crippen LogP contribution in [0, 0.1) is 0 Å². The summed E-state index contributed by atoms with van der Waals surface area (Å²) < 4.78 is 10.4. The lowest BCUT2D eigenvalue weighted by Gasteiger charge is -2.27. The van der Waals surface area contributed by atoms with Gasteiger partial charge in [-0.3, -0.25) is 9.59 Å². The van der Waals surface area contributed by atoms with Gasteiger partial charge in [0.1, 0.15) is 13.2 Å². The van der Waals surface area contributed by atoms with E-state index in [0.29, 0.717) is 32.8 Å². The van der Waals surface area contributed by atoms with Crippen molar-refractivity contribution in [3.63, 3.8) is 0 Å². The van der Waals surface area contributed by atoms with Crippen molar-refractivity contribution in [2.45, 2.75) is 26.7 Å². The van der Waals surface area contributed by atoms with E-state index in [0.717, 1.165) is 19.6 Å². The molecule has 7 nitrogen and oxygen atoms in total. The number of ether oxygens (including phenoxy) is 2. The first-order valence-electron chi connectivity index (χ1n) is 8.98. The van der Waals surface area contributed by atoms with E-state index < -0.39 is 0 Å². The van der Waals surface area contributed by atoms with Crippen molar-refractivity contribution >= 4 is 11.8 Å². The molecule has 1 saturated heterocycles. The van der Waals surface area contributed by atoms with Crippen LogP contribution in [-0.4, -0.2) is 99.3 Å². The Bertz CT molecular complexity index is 373. The maximum Gasteiger partial charge on any atom is 0.248 e. The van der Waals surface area contributed by atoms with Crippen molar-refractivity contribution in [3.05, 3.63) is 0 Å². The van der Waals surface area contributed by atoms with E-state index >= 15 is 0 Å². The first-order valence-corrected chi connectivity index (χ1v) is 8.98. The summed E-state index contributed by atoms with van der Waals surface area (Å²) in [6, 6.07) is 0. The van der Waals surface area contributed by atoms with Crippen molar-refractivity contribution in [1.82, 2.24) is 14.7 Å². The molecule has 0 N–H and O–H groups in total. The zero-order valence-corrected chi connectivity index (χ0v) is 15.5. The van der Waals surface area contributed by atoms with Crippen molar-refractivity contribution in [2.75, 3.05) is 72.7 Å². The highest BCUT2D eigenvalue weighted by Gasteiger charge is 2.18. The lowest BCUT2D eigenvalue weighted by molar-refractivity contribution is -0.139. The standard InChI is InChI=1S/C17H33N3O4/c1-4-23-14-16(21)18(3)10-12-20(17(22)15-24-5-2)13-11-19-8-6-7-9-19/h4-15H2,1-3H3. The van der Waals surface area contributed by atoms with Gasteiger partial charge in [0.25, 0.3) is 0 Å². The summed E-state index contributed by atoms with van der Waals surface area (Å²) in [6.07, 6.45) is 2.48. The second-order valence-electron chi connectivity index (χ2n) is 6.02. The Balaban J connectivity index is 2.43. The minimum atomic E-state index is -0.0615. The van der Waals surface area contributed by atoms with E-state index in [1.165, 1.54) is 12.8 Å². The molecule has 1 aliphatic heterocycles. The van der Waals surface area contributed by atoms with Gasteiger partial charge in [0, 0.05) is 46.4 Å². The molecule has 24 heavy (non-hydrogen) atoms. The maximum atomic E-state index is 12.3. The van der Waals surface area contributed by atoms with Crippen LogP contribution in [0.3, 0.4) is 0 Å². The normalized spacial score (nSPS) is 14.8. The van der Waals surface area contributed by atoms with Gasteiger partial charge in [-0.1, -0.05) is 0 Å². The summed E-state index contributed by atoms with van der Waals surface area (Å²) in [6.45, 7) is 9.79. The predicted molar refractivity (Wildman–Crippen MR) is 92.9 cm³/mol. The number of hydrogen-bond acceptors (Lipinski definition) is 5. The Kier molecular flexibility index (Phi) is 10.6. The quantitative estimate of drug-likeness (QED) is 0.515. The van der Waals surface area contributed by atoms with Gasteiger partial charge in [-0.05, 0) is 39.8 Å². The summed E-state index contributed by atoms with van der Waals surface area (Å²) >= 11 is 0. The summed E-state index contributed by atoms with van der Waals surface area (Å²) in [5.41, 5.74) is 0. The fourth-order valence-electron chi connectivity index (χ4n) is 2.61. The number of hydrogen-bond donors (Lipinski definition) is 0. The molecule has 1 aliphatic rings. The Morgan fingerprint density at radius 2 is 1.50 bits per heavy atom. The molecule has 0 bridgehead atoms. The van der Waals surface area contributed by atoms with Crippen molar-refractivity contribution in [2.24, 2.45) is 0 Å². The minimum Gasteiger partial charge on any atom is -0.372 e. The molecule has 0 aromatic heterocycles. The van der Waals surface area contributed by atoms with E-state index in [-0.39, 0.29) is 25.0 Å². The number of rotatable bonds is 12. The topological polar surface area (TPSA) is 62.3 Å². The van der Waals surface area contributed by atoms with Crippen LogP contribution in [0.2, 0.25) is 0 Å². The monoisotopic (exact) mass is 343 g/mol. The molecular weight excluding hydrogens is 310 g/mol. The van der Waals surface area contributed by atoms with E-state index in [1.54, 1.807) is 16.8 Å². The van der Waals surface area contributed by atoms with Gasteiger partial charge in [-0.25, -0.2) is 0 Å². The number of carbonyl (C=O) groups excluding carboxylic acids is 2. The Morgan fingerprint density at radius 1 is 0.917 bits per heavy atom. The minimum absolute atomic E-state index is 0.0123. The van der Waals surface area contributed by atoms with Gasteiger partial charge in [0.2, 0.25) is 11.8 Å². The average Bonchev–Trinajstić information content (AvgIpc) is 3.10. The predicted octanol–water partition coefficient (Wildman–Crippen LogP) is 0.442. The summed E-state index contributed by atoms with van der Waals surface area (Å²) in [7, 11) is 1.74. The second-order valence-corrected chi connectivity index (χ2v) is 6.02. The Morgan fingerprint density at radius 3 is 2.08 bits per heavy atom. The van der Waals surface area contributed by atoms with Crippen molar-refractivity contribution in [1.29, 1.82) is 0 Å². The van der Waals surface area contributed by atoms with Crippen LogP contribution in [-0.2, 0) is 19.1 Å². The zero-order chi connectivity index (χ0) is 17.8. The number of carbonyl (C=O) groups is 2. The molecule has 0 saturated carbocycles. The largest absolute Gasteiger partial charge is 0.372 e. The van der Waals surface area contributed by atoms with Crippen LogP contribution in [0.25, 0.3) is 0 Å². The number of amides is 2. The molecular formula is C17H33N3O4. The molecule has 0 radical (unpaired) electrons. The van der Waals surface area contributed by atoms with E-state index in [9.17, 15) is 9.59 Å². The molecule has 2 amide bonds. The molecule has 0 spiro atoms. The molecule has 0 atom stereocenters. The van der Waals surface area contributed by atoms with Gasteiger partial charge >= 0.3 is 0 Å². The number of likely N-dealkylation sites (tertiary alicyclic amines) is 1. The van der Waals surface area contributed by atoms with Crippen LogP contribution in [0.5, 0.6) is 0 Å². The average molecular weight is 343 g/mol. The molecule has 0 aromatic carbocycles. The van der Waals surface area contributed by atoms with Gasteiger partial charge in [-0.2, -0.15) is 0 Å². The Hall–Kier alpha value is -1.18. The number of likely N-dealkylation sites (N-methyl/N-ethyl adjacent to an activating group) is 1. The van der Waals surface area contributed by atoms with Gasteiger partial charge in [0.05, 0.1) is 0 Å². The molecule has 1 heterocycles. The van der Waals surface area contributed by atoms with Crippen LogP contribution in [0.4, 0.5) is 0 Å². The van der Waals surface area contributed by atoms with Gasteiger partial charge in [-0.15, -0.1) is 0 Å². The number of nitrogens with zero attached hydrogens (tertiary/aromatic N) is 3. The van der Waals surface area contributed by atoms with E-state index in [2.05, 4.69) is 4.90 Å². The highest BCUT2D eigenvalue weighted by Crippen LogP contribution is 2.07. The maximum absolute atomic E-state index is 12.3. The third kappa shape index (κ3) is 8.08. The smallest absolute Gasteiger partial charge is 0.248 e. The fraction of sp³-hybridized carbons (Fsp3) is 0.882. The highest BCUT2D eigenvalue weighted by molar-refractivity contribution is 5.78. The van der Waals surface area contributed by atoms with Crippen LogP contribution >= 0.6 is 0 Å². The SMILES string of the molecule is CCOCC(=O)N(C)CCN(CCN1CCCC1)C(=O)COCC. The first kappa shape index (κ1) is 20.9. The lowest BCUT2D eigenvalue weighted by Crippen LogP contribution is -2.44. The molecule has 1 fully saturated rings. The third-order valence-electron chi connectivity index (χ3n) is 4.23. The second kappa shape index (κ2) is 12.2. The summed E-state index contributed by atoms with van der Waals surface area (Å²) in [5.74, 6) is -0.0738. The summed E-state index contributed by atoms with van der Waals surface area (Å²) in [4.78, 5) is 30.0. The van der Waals surface area contributed by atoms with Crippen molar-refractivity contribution in [3.8, 4) is 0 Å². The first-order chi connectivity index (χ1) is 11.6. The van der Waals surface area contributed by atoms with Crippen molar-refractivity contribution < 1.29 is 19.1 Å². The van der Waals surface area contributed by atoms with E-state index in [4.69, 9.17) is 9.47 Å². The van der Waals surface area contributed by atoms with Gasteiger partial charge in [0.15, 0.2) is 0 Å². The third-order valence-corrected chi connectivity index (χ3v) is 4.23. The van der Waals surface area contributed by atoms with Crippen LogP contribution in [0.15, 0.2) is 0 Å². The molecule has 0 unspecified atom stereocenters. The van der Waals surface area contributed by atoms with Crippen LogP contribution in [0.1, 0.15) is 26.7 Å². The Labute approximate surface area is 145 Å². The molecule has 7 heteroatoms. The van der Waals surface area contributed by atoms with Gasteiger partial charge < -0.3 is 24.2 Å². The zero-order valence-electron chi connectivity index (χ0n) is 15.5. The molecule has 0 aromatic rings.